The molecule has 0 spiro atoms. The van der Waals surface area contributed by atoms with E-state index < -0.39 is 0 Å². The van der Waals surface area contributed by atoms with Crippen molar-refractivity contribution in [3.63, 3.8) is 0 Å². The third-order valence-corrected chi connectivity index (χ3v) is 4.81. The van der Waals surface area contributed by atoms with Crippen LogP contribution in [0.25, 0.3) is 21.3 Å². The van der Waals surface area contributed by atoms with Gasteiger partial charge in [-0.1, -0.05) is 0 Å². The maximum atomic E-state index is 12.5. The molecule has 120 valence electrons. The van der Waals surface area contributed by atoms with E-state index in [0.717, 1.165) is 37.6 Å². The molecule has 3 heterocycles. The first kappa shape index (κ1) is 14.8. The molecule has 0 atom stereocenters. The maximum absolute atomic E-state index is 12.5. The Morgan fingerprint density at radius 2 is 2.08 bits per heavy atom. The zero-order valence-corrected chi connectivity index (χ0v) is 14.3. The van der Waals surface area contributed by atoms with Gasteiger partial charge in [-0.3, -0.25) is 9.48 Å². The Bertz CT molecular complexity index is 1100. The van der Waals surface area contributed by atoms with Crippen molar-refractivity contribution >= 4 is 44.2 Å². The second kappa shape index (κ2) is 5.38. The number of rotatable bonds is 2. The van der Waals surface area contributed by atoms with Gasteiger partial charge in [0.25, 0.3) is 5.91 Å². The van der Waals surface area contributed by atoms with Crippen LogP contribution in [0.4, 0.5) is 5.69 Å². The summed E-state index contributed by atoms with van der Waals surface area (Å²) in [4.78, 5) is 21.3. The molecule has 0 aliphatic rings. The summed E-state index contributed by atoms with van der Waals surface area (Å²) in [5.74, 6) is -0.187. The number of anilines is 1. The fourth-order valence-electron chi connectivity index (χ4n) is 2.75. The Morgan fingerprint density at radius 3 is 2.92 bits per heavy atom. The van der Waals surface area contributed by atoms with E-state index in [9.17, 15) is 4.79 Å². The van der Waals surface area contributed by atoms with E-state index in [-0.39, 0.29) is 5.91 Å². The van der Waals surface area contributed by atoms with E-state index in [4.69, 9.17) is 0 Å². The average molecular weight is 337 g/mol. The van der Waals surface area contributed by atoms with Crippen LogP contribution >= 0.6 is 11.3 Å². The van der Waals surface area contributed by atoms with Gasteiger partial charge >= 0.3 is 0 Å². The summed E-state index contributed by atoms with van der Waals surface area (Å²) in [6.07, 6.45) is 1.58. The minimum absolute atomic E-state index is 0.187. The predicted molar refractivity (Wildman–Crippen MR) is 95.6 cm³/mol. The van der Waals surface area contributed by atoms with Crippen molar-refractivity contribution in [2.24, 2.45) is 7.05 Å². The maximum Gasteiger partial charge on any atom is 0.257 e. The summed E-state index contributed by atoms with van der Waals surface area (Å²) in [6.45, 7) is 3.88. The Labute approximate surface area is 142 Å². The van der Waals surface area contributed by atoms with E-state index >= 15 is 0 Å². The zero-order valence-electron chi connectivity index (χ0n) is 13.5. The van der Waals surface area contributed by atoms with Gasteiger partial charge in [-0.2, -0.15) is 5.10 Å². The van der Waals surface area contributed by atoms with E-state index in [1.807, 2.05) is 45.2 Å². The number of benzene rings is 1. The molecule has 1 N–H and O–H groups in total. The van der Waals surface area contributed by atoms with Gasteiger partial charge in [-0.05, 0) is 38.1 Å². The highest BCUT2D eigenvalue weighted by Crippen LogP contribution is 2.25. The van der Waals surface area contributed by atoms with Gasteiger partial charge in [0, 0.05) is 24.3 Å². The Balaban J connectivity index is 1.66. The average Bonchev–Trinajstić information content (AvgIpc) is 3.06. The topological polar surface area (TPSA) is 72.7 Å². The molecule has 0 fully saturated rings. The summed E-state index contributed by atoms with van der Waals surface area (Å²) in [6, 6.07) is 7.55. The smallest absolute Gasteiger partial charge is 0.257 e. The quantitative estimate of drug-likeness (QED) is 0.608. The standard InChI is InChI=1S/C17H15N5OS/c1-9-13-6-11(8-18-16(13)22(3)21-9)17(23)20-12-4-5-14-15(7-12)24-10(2)19-14/h4-8H,1-3H3,(H,20,23). The van der Waals surface area contributed by atoms with Crippen molar-refractivity contribution < 1.29 is 4.79 Å². The lowest BCUT2D eigenvalue weighted by Gasteiger charge is -2.05. The second-order valence-electron chi connectivity index (χ2n) is 5.67. The zero-order chi connectivity index (χ0) is 16.8. The number of carbonyl (C=O) groups is 1. The van der Waals surface area contributed by atoms with E-state index in [0.29, 0.717) is 5.56 Å². The highest BCUT2D eigenvalue weighted by molar-refractivity contribution is 7.18. The minimum atomic E-state index is -0.187. The number of carbonyl (C=O) groups excluding carboxylic acids is 1. The molecule has 0 unspecified atom stereocenters. The van der Waals surface area contributed by atoms with Crippen LogP contribution in [-0.2, 0) is 7.05 Å². The first-order valence-corrected chi connectivity index (χ1v) is 8.31. The fourth-order valence-corrected chi connectivity index (χ4v) is 3.62. The monoisotopic (exact) mass is 337 g/mol. The summed E-state index contributed by atoms with van der Waals surface area (Å²) >= 11 is 1.61. The molecular formula is C17H15N5OS. The van der Waals surface area contributed by atoms with Crippen LogP contribution in [0.1, 0.15) is 21.1 Å². The molecule has 1 aromatic carbocycles. The van der Waals surface area contributed by atoms with E-state index in [1.165, 1.54) is 0 Å². The largest absolute Gasteiger partial charge is 0.322 e. The van der Waals surface area contributed by atoms with Gasteiger partial charge in [-0.25, -0.2) is 9.97 Å². The van der Waals surface area contributed by atoms with Gasteiger partial charge < -0.3 is 5.32 Å². The summed E-state index contributed by atoms with van der Waals surface area (Å²) in [5, 5.41) is 9.15. The third-order valence-electron chi connectivity index (χ3n) is 3.88. The highest BCUT2D eigenvalue weighted by atomic mass is 32.1. The summed E-state index contributed by atoms with van der Waals surface area (Å²) < 4.78 is 2.77. The number of hydrogen-bond donors (Lipinski definition) is 1. The van der Waals surface area contributed by atoms with Gasteiger partial charge in [0.1, 0.15) is 0 Å². The van der Waals surface area contributed by atoms with Crippen molar-refractivity contribution in [2.45, 2.75) is 13.8 Å². The number of hydrogen-bond acceptors (Lipinski definition) is 5. The van der Waals surface area contributed by atoms with Crippen molar-refractivity contribution in [1.29, 1.82) is 0 Å². The van der Waals surface area contributed by atoms with Crippen molar-refractivity contribution in [3.8, 4) is 0 Å². The molecule has 0 saturated heterocycles. The predicted octanol–water partition coefficient (Wildman–Crippen LogP) is 3.45. The first-order chi connectivity index (χ1) is 11.5. The molecule has 0 bridgehead atoms. The van der Waals surface area contributed by atoms with Crippen molar-refractivity contribution in [2.75, 3.05) is 5.32 Å². The van der Waals surface area contributed by atoms with Gasteiger partial charge in [0.2, 0.25) is 0 Å². The number of thiazole rings is 1. The molecule has 6 nitrogen and oxygen atoms in total. The molecule has 0 aliphatic carbocycles. The molecule has 7 heteroatoms. The number of nitrogens with zero attached hydrogens (tertiary/aromatic N) is 4. The van der Waals surface area contributed by atoms with Crippen molar-refractivity contribution in [3.05, 3.63) is 46.7 Å². The second-order valence-corrected chi connectivity index (χ2v) is 6.91. The minimum Gasteiger partial charge on any atom is -0.322 e. The third kappa shape index (κ3) is 2.43. The Hall–Kier alpha value is -2.80. The Morgan fingerprint density at radius 1 is 1.25 bits per heavy atom. The van der Waals surface area contributed by atoms with Gasteiger partial charge in [0.15, 0.2) is 5.65 Å². The molecular weight excluding hydrogens is 322 g/mol. The lowest BCUT2D eigenvalue weighted by molar-refractivity contribution is 0.102. The first-order valence-electron chi connectivity index (χ1n) is 7.49. The SMILES string of the molecule is Cc1nc2ccc(NC(=O)c3cnc4c(c3)c(C)nn4C)cc2s1. The normalized spacial score (nSPS) is 11.3. The summed E-state index contributed by atoms with van der Waals surface area (Å²) in [7, 11) is 1.84. The lowest BCUT2D eigenvalue weighted by atomic mass is 10.2. The van der Waals surface area contributed by atoms with E-state index in [1.54, 1.807) is 22.2 Å². The lowest BCUT2D eigenvalue weighted by Crippen LogP contribution is -2.12. The Kier molecular flexibility index (Phi) is 3.31. The van der Waals surface area contributed by atoms with Crippen LogP contribution in [0, 0.1) is 13.8 Å². The number of aromatic nitrogens is 4. The number of fused-ring (bicyclic) bond motifs is 2. The van der Waals surface area contributed by atoms with Gasteiger partial charge in [-0.15, -0.1) is 11.3 Å². The van der Waals surface area contributed by atoms with Crippen LogP contribution in [0.5, 0.6) is 0 Å². The number of amides is 1. The number of nitrogens with one attached hydrogen (secondary N) is 1. The fraction of sp³-hybridized carbons (Fsp3) is 0.176. The molecule has 0 aliphatic heterocycles. The van der Waals surface area contributed by atoms with Crippen LogP contribution in [0.15, 0.2) is 30.5 Å². The highest BCUT2D eigenvalue weighted by Gasteiger charge is 2.12. The molecule has 24 heavy (non-hydrogen) atoms. The summed E-state index contributed by atoms with van der Waals surface area (Å²) in [5.41, 5.74) is 3.84. The van der Waals surface area contributed by atoms with Crippen LogP contribution < -0.4 is 5.32 Å². The van der Waals surface area contributed by atoms with E-state index in [2.05, 4.69) is 20.4 Å². The number of pyridine rings is 1. The van der Waals surface area contributed by atoms with Crippen molar-refractivity contribution in [1.82, 2.24) is 19.7 Å². The van der Waals surface area contributed by atoms with Crippen LogP contribution in [0.2, 0.25) is 0 Å². The molecule has 4 aromatic rings. The van der Waals surface area contributed by atoms with Crippen LogP contribution in [0.3, 0.4) is 0 Å². The molecule has 0 saturated carbocycles. The molecule has 0 radical (unpaired) electrons. The molecule has 4 rings (SSSR count). The molecule has 3 aromatic heterocycles. The molecule has 1 amide bonds. The number of aryl methyl sites for hydroxylation is 3. The van der Waals surface area contributed by atoms with Gasteiger partial charge in [0.05, 0.1) is 26.5 Å². The van der Waals surface area contributed by atoms with Crippen LogP contribution in [-0.4, -0.2) is 25.7 Å².